The number of esters is 1. The van der Waals surface area contributed by atoms with Gasteiger partial charge < -0.3 is 14.8 Å². The molecule has 17 heavy (non-hydrogen) atoms. The van der Waals surface area contributed by atoms with Gasteiger partial charge in [0.2, 0.25) is 5.88 Å². The molecule has 2 N–H and O–H groups in total. The van der Waals surface area contributed by atoms with Gasteiger partial charge in [-0.2, -0.15) is 0 Å². The molecule has 0 fully saturated rings. The molecule has 0 saturated carbocycles. The molecule has 0 atom stereocenters. The number of Topliss-reactive ketones (excluding diaryl/α,β-unsaturated/α-hetero) is 1. The summed E-state index contributed by atoms with van der Waals surface area (Å²) in [7, 11) is 0. The molecule has 0 aliphatic rings. The number of aromatic nitrogens is 1. The average molecular weight is 233 g/mol. The highest BCUT2D eigenvalue weighted by molar-refractivity contribution is 6.43. The van der Waals surface area contributed by atoms with Crippen LogP contribution in [0.3, 0.4) is 0 Å². The third-order valence-electron chi connectivity index (χ3n) is 2.37. The number of nitrogens with one attached hydrogen (secondary N) is 1. The highest BCUT2D eigenvalue weighted by atomic mass is 16.5. The summed E-state index contributed by atoms with van der Waals surface area (Å²) < 4.78 is 4.62. The van der Waals surface area contributed by atoms with E-state index in [1.54, 1.807) is 31.2 Å². The topological polar surface area (TPSA) is 79.4 Å². The molecule has 5 nitrogen and oxygen atoms in total. The number of fused-ring (bicyclic) bond motifs is 1. The Balaban J connectivity index is 2.51. The molecule has 0 bridgehead atoms. The molecule has 2 rings (SSSR count). The number of benzene rings is 1. The predicted octanol–water partition coefficient (Wildman–Crippen LogP) is 1.62. The van der Waals surface area contributed by atoms with Crippen LogP contribution in [0.25, 0.3) is 10.9 Å². The van der Waals surface area contributed by atoms with E-state index in [1.165, 1.54) is 0 Å². The summed E-state index contributed by atoms with van der Waals surface area (Å²) in [6, 6.07) is 6.84. The standard InChI is InChI=1S/C12H11NO4/c1-2-17-12(16)10(14)9-7-5-3-4-6-8(7)13-11(9)15/h3-6,13,15H,2H2,1H3. The minimum atomic E-state index is -0.965. The Labute approximate surface area is 97.0 Å². The molecule has 1 aromatic heterocycles. The van der Waals surface area contributed by atoms with Gasteiger partial charge in [0.25, 0.3) is 5.78 Å². The number of aromatic hydroxyl groups is 1. The molecular formula is C12H11NO4. The maximum atomic E-state index is 11.8. The van der Waals surface area contributed by atoms with E-state index in [9.17, 15) is 14.7 Å². The Hall–Kier alpha value is -2.30. The van der Waals surface area contributed by atoms with Crippen LogP contribution in [0, 0.1) is 0 Å². The Morgan fingerprint density at radius 3 is 2.76 bits per heavy atom. The molecule has 0 radical (unpaired) electrons. The maximum Gasteiger partial charge on any atom is 0.379 e. The predicted molar refractivity (Wildman–Crippen MR) is 60.9 cm³/mol. The molecule has 0 amide bonds. The largest absolute Gasteiger partial charge is 0.494 e. The van der Waals surface area contributed by atoms with Crippen LogP contribution in [-0.4, -0.2) is 28.4 Å². The molecule has 2 aromatic rings. The van der Waals surface area contributed by atoms with Gasteiger partial charge in [0.1, 0.15) is 0 Å². The highest BCUT2D eigenvalue weighted by Crippen LogP contribution is 2.27. The van der Waals surface area contributed by atoms with Crippen molar-refractivity contribution in [1.82, 2.24) is 4.98 Å². The number of ketones is 1. The Morgan fingerprint density at radius 2 is 2.06 bits per heavy atom. The fourth-order valence-corrected chi connectivity index (χ4v) is 1.66. The summed E-state index contributed by atoms with van der Waals surface area (Å²) in [5.41, 5.74) is 0.552. The van der Waals surface area contributed by atoms with Crippen LogP contribution in [0.2, 0.25) is 0 Å². The zero-order valence-electron chi connectivity index (χ0n) is 9.19. The fraction of sp³-hybridized carbons (Fsp3) is 0.167. The lowest BCUT2D eigenvalue weighted by Crippen LogP contribution is -2.17. The number of aromatic amines is 1. The SMILES string of the molecule is CCOC(=O)C(=O)c1c(O)[nH]c2ccccc12. The van der Waals surface area contributed by atoms with E-state index in [0.717, 1.165) is 0 Å². The van der Waals surface area contributed by atoms with Crippen molar-refractivity contribution in [2.24, 2.45) is 0 Å². The van der Waals surface area contributed by atoms with Gasteiger partial charge in [-0.25, -0.2) is 4.79 Å². The average Bonchev–Trinajstić information content (AvgIpc) is 2.64. The molecule has 0 aliphatic carbocycles. The summed E-state index contributed by atoms with van der Waals surface area (Å²) in [6.07, 6.45) is 0. The van der Waals surface area contributed by atoms with E-state index in [0.29, 0.717) is 10.9 Å². The van der Waals surface area contributed by atoms with Crippen LogP contribution >= 0.6 is 0 Å². The Kier molecular flexibility index (Phi) is 2.82. The van der Waals surface area contributed by atoms with E-state index in [-0.39, 0.29) is 18.1 Å². The molecule has 0 spiro atoms. The lowest BCUT2D eigenvalue weighted by atomic mass is 10.1. The van der Waals surface area contributed by atoms with E-state index in [2.05, 4.69) is 9.72 Å². The molecule has 1 aromatic carbocycles. The lowest BCUT2D eigenvalue weighted by Gasteiger charge is -2.00. The molecule has 0 unspecified atom stereocenters. The maximum absolute atomic E-state index is 11.8. The first-order valence-corrected chi connectivity index (χ1v) is 5.16. The van der Waals surface area contributed by atoms with Crippen LogP contribution in [0.1, 0.15) is 17.3 Å². The van der Waals surface area contributed by atoms with Crippen molar-refractivity contribution in [3.8, 4) is 5.88 Å². The second-order valence-corrected chi connectivity index (χ2v) is 3.44. The molecule has 0 saturated heterocycles. The van der Waals surface area contributed by atoms with Crippen molar-refractivity contribution in [3.63, 3.8) is 0 Å². The number of carbonyl (C=O) groups is 2. The monoisotopic (exact) mass is 233 g/mol. The minimum absolute atomic E-state index is 0.0425. The first-order valence-electron chi connectivity index (χ1n) is 5.16. The number of para-hydroxylation sites is 1. The normalized spacial score (nSPS) is 10.4. The quantitative estimate of drug-likeness (QED) is 0.479. The van der Waals surface area contributed by atoms with Crippen LogP contribution < -0.4 is 0 Å². The van der Waals surface area contributed by atoms with Gasteiger partial charge in [-0.05, 0) is 13.0 Å². The summed E-state index contributed by atoms with van der Waals surface area (Å²) in [6.45, 7) is 1.73. The van der Waals surface area contributed by atoms with E-state index < -0.39 is 11.8 Å². The van der Waals surface area contributed by atoms with Crippen molar-refractivity contribution < 1.29 is 19.4 Å². The second-order valence-electron chi connectivity index (χ2n) is 3.44. The van der Waals surface area contributed by atoms with Crippen molar-refractivity contribution in [1.29, 1.82) is 0 Å². The van der Waals surface area contributed by atoms with E-state index in [1.807, 2.05) is 0 Å². The van der Waals surface area contributed by atoms with Crippen LogP contribution in [0.5, 0.6) is 5.88 Å². The second kappa shape index (κ2) is 4.29. The minimum Gasteiger partial charge on any atom is -0.494 e. The van der Waals surface area contributed by atoms with Crippen LogP contribution in [0.4, 0.5) is 0 Å². The first kappa shape index (κ1) is 11.2. The fourth-order valence-electron chi connectivity index (χ4n) is 1.66. The van der Waals surface area contributed by atoms with Gasteiger partial charge in [0.15, 0.2) is 0 Å². The summed E-state index contributed by atoms with van der Waals surface area (Å²) >= 11 is 0. The smallest absolute Gasteiger partial charge is 0.379 e. The van der Waals surface area contributed by atoms with Crippen molar-refractivity contribution >= 4 is 22.7 Å². The molecule has 0 aliphatic heterocycles. The number of H-pyrrole nitrogens is 1. The third-order valence-corrected chi connectivity index (χ3v) is 2.37. The van der Waals surface area contributed by atoms with Crippen molar-refractivity contribution in [2.75, 3.05) is 6.61 Å². The number of hydrogen-bond acceptors (Lipinski definition) is 4. The first-order chi connectivity index (χ1) is 8.15. The molecule has 1 heterocycles. The van der Waals surface area contributed by atoms with Crippen molar-refractivity contribution in [2.45, 2.75) is 6.92 Å². The van der Waals surface area contributed by atoms with Gasteiger partial charge in [-0.15, -0.1) is 0 Å². The Morgan fingerprint density at radius 1 is 1.35 bits per heavy atom. The van der Waals surface area contributed by atoms with Gasteiger partial charge in [-0.3, -0.25) is 4.79 Å². The number of hydrogen-bond donors (Lipinski definition) is 2. The van der Waals surface area contributed by atoms with Gasteiger partial charge in [0, 0.05) is 10.9 Å². The zero-order valence-corrected chi connectivity index (χ0v) is 9.19. The summed E-state index contributed by atoms with van der Waals surface area (Å²) in [4.78, 5) is 25.7. The highest BCUT2D eigenvalue weighted by Gasteiger charge is 2.25. The zero-order chi connectivity index (χ0) is 12.4. The molecule has 5 heteroatoms. The number of rotatable bonds is 3. The summed E-state index contributed by atoms with van der Waals surface area (Å²) in [5, 5.41) is 10.1. The van der Waals surface area contributed by atoms with Gasteiger partial charge in [0.05, 0.1) is 12.2 Å². The third kappa shape index (κ3) is 1.87. The molecular weight excluding hydrogens is 222 g/mol. The summed E-state index contributed by atoms with van der Waals surface area (Å²) in [5.74, 6) is -2.13. The van der Waals surface area contributed by atoms with Crippen LogP contribution in [-0.2, 0) is 9.53 Å². The Bertz CT molecular complexity index is 585. The van der Waals surface area contributed by atoms with Gasteiger partial charge >= 0.3 is 5.97 Å². The number of carbonyl (C=O) groups excluding carboxylic acids is 2. The number of ether oxygens (including phenoxy) is 1. The van der Waals surface area contributed by atoms with Crippen LogP contribution in [0.15, 0.2) is 24.3 Å². The van der Waals surface area contributed by atoms with E-state index >= 15 is 0 Å². The van der Waals surface area contributed by atoms with E-state index in [4.69, 9.17) is 0 Å². The lowest BCUT2D eigenvalue weighted by molar-refractivity contribution is -0.137. The molecule has 88 valence electrons. The van der Waals surface area contributed by atoms with Crippen molar-refractivity contribution in [3.05, 3.63) is 29.8 Å². The van der Waals surface area contributed by atoms with Gasteiger partial charge in [-0.1, -0.05) is 18.2 Å².